The molecule has 2 amide bonds. The number of amides is 2. The summed E-state index contributed by atoms with van der Waals surface area (Å²) in [6.45, 7) is 2.58. The van der Waals surface area contributed by atoms with Gasteiger partial charge in [-0.2, -0.15) is 5.10 Å². The lowest BCUT2D eigenvalue weighted by Gasteiger charge is -2.38. The number of carbonyl (C=O) groups excluding carboxylic acids is 2. The molecule has 2 aromatic rings. The van der Waals surface area contributed by atoms with Crippen LogP contribution in [0.4, 0.5) is 5.69 Å². The van der Waals surface area contributed by atoms with Crippen LogP contribution in [0.25, 0.3) is 0 Å². The van der Waals surface area contributed by atoms with E-state index < -0.39 is 12.1 Å². The van der Waals surface area contributed by atoms with Crippen LogP contribution < -0.4 is 5.32 Å². The van der Waals surface area contributed by atoms with Crippen molar-refractivity contribution in [1.29, 1.82) is 0 Å². The predicted molar refractivity (Wildman–Crippen MR) is 88.2 cm³/mol. The van der Waals surface area contributed by atoms with Gasteiger partial charge in [0.25, 0.3) is 5.91 Å². The number of rotatable bonds is 4. The molecule has 2 atom stereocenters. The van der Waals surface area contributed by atoms with Crippen LogP contribution >= 0.6 is 0 Å². The molecule has 1 aliphatic heterocycles. The summed E-state index contributed by atoms with van der Waals surface area (Å²) in [5, 5.41) is 6.95. The third-order valence-corrected chi connectivity index (χ3v) is 4.11. The molecule has 0 aliphatic carbocycles. The molecule has 1 aromatic carbocycles. The molecule has 0 radical (unpaired) electrons. The lowest BCUT2D eigenvalue weighted by Crippen LogP contribution is -2.51. The number of aryl methyl sites for hydroxylation is 1. The van der Waals surface area contributed by atoms with Gasteiger partial charge in [-0.3, -0.25) is 14.3 Å². The van der Waals surface area contributed by atoms with Crippen molar-refractivity contribution < 1.29 is 14.3 Å². The average molecular weight is 328 g/mol. The minimum absolute atomic E-state index is 0.105. The number of benzene rings is 1. The first-order valence-corrected chi connectivity index (χ1v) is 7.85. The minimum atomic E-state index is -0.778. The van der Waals surface area contributed by atoms with Crippen LogP contribution in [0.5, 0.6) is 0 Å². The predicted octanol–water partition coefficient (Wildman–Crippen LogP) is 1.44. The van der Waals surface area contributed by atoms with E-state index in [1.54, 1.807) is 29.0 Å². The molecule has 0 unspecified atom stereocenters. The van der Waals surface area contributed by atoms with Crippen LogP contribution in [0.3, 0.4) is 0 Å². The molecule has 0 bridgehead atoms. The molecule has 0 saturated carbocycles. The molecule has 2 heterocycles. The molecular formula is C17H20N4O3. The van der Waals surface area contributed by atoms with Crippen molar-refractivity contribution in [2.45, 2.75) is 25.6 Å². The smallest absolute Gasteiger partial charge is 0.256 e. The Morgan fingerprint density at radius 2 is 2.12 bits per heavy atom. The molecule has 0 spiro atoms. The quantitative estimate of drug-likeness (QED) is 0.921. The van der Waals surface area contributed by atoms with Crippen LogP contribution in [0, 0.1) is 0 Å². The van der Waals surface area contributed by atoms with Crippen molar-refractivity contribution >= 4 is 17.5 Å². The van der Waals surface area contributed by atoms with E-state index in [2.05, 4.69) is 10.4 Å². The largest absolute Gasteiger partial charge is 0.356 e. The maximum atomic E-state index is 12.7. The molecule has 1 N–H and O–H groups in total. The number of nitrogens with one attached hydrogen (secondary N) is 1. The van der Waals surface area contributed by atoms with Crippen LogP contribution in [0.2, 0.25) is 0 Å². The third kappa shape index (κ3) is 3.16. The monoisotopic (exact) mass is 328 g/mol. The Bertz CT molecular complexity index is 728. The minimum Gasteiger partial charge on any atom is -0.356 e. The van der Waals surface area contributed by atoms with Crippen molar-refractivity contribution in [3.63, 3.8) is 0 Å². The Labute approximate surface area is 140 Å². The van der Waals surface area contributed by atoms with E-state index in [0.717, 1.165) is 12.1 Å². The van der Waals surface area contributed by atoms with Crippen LogP contribution in [0.1, 0.15) is 18.5 Å². The van der Waals surface area contributed by atoms with E-state index in [9.17, 15) is 9.59 Å². The summed E-state index contributed by atoms with van der Waals surface area (Å²) < 4.78 is 7.29. The van der Waals surface area contributed by atoms with Gasteiger partial charge >= 0.3 is 0 Å². The van der Waals surface area contributed by atoms with Crippen molar-refractivity contribution in [3.05, 3.63) is 48.3 Å². The second kappa shape index (κ2) is 6.84. The second-order valence-electron chi connectivity index (χ2n) is 5.67. The number of ether oxygens (including phenoxy) is 1. The van der Waals surface area contributed by atoms with Gasteiger partial charge in [-0.25, -0.2) is 0 Å². The summed E-state index contributed by atoms with van der Waals surface area (Å²) in [5.41, 5.74) is 1.47. The van der Waals surface area contributed by atoms with E-state index in [4.69, 9.17) is 4.74 Å². The summed E-state index contributed by atoms with van der Waals surface area (Å²) >= 11 is 0. The van der Waals surface area contributed by atoms with Gasteiger partial charge in [0, 0.05) is 19.8 Å². The molecule has 1 saturated heterocycles. The van der Waals surface area contributed by atoms with Crippen LogP contribution in [0.15, 0.2) is 42.7 Å². The normalized spacial score (nSPS) is 20.9. The lowest BCUT2D eigenvalue weighted by atomic mass is 9.97. The van der Waals surface area contributed by atoms with Gasteiger partial charge < -0.3 is 15.0 Å². The maximum absolute atomic E-state index is 12.7. The number of likely N-dealkylation sites (N-methyl/N-ethyl adjacent to an activating group) is 1. The van der Waals surface area contributed by atoms with E-state index >= 15 is 0 Å². The fourth-order valence-corrected chi connectivity index (χ4v) is 2.79. The molecule has 1 aliphatic rings. The zero-order valence-corrected chi connectivity index (χ0v) is 13.7. The molecule has 126 valence electrons. The van der Waals surface area contributed by atoms with Crippen LogP contribution in [-0.2, 0) is 20.9 Å². The Morgan fingerprint density at radius 1 is 1.38 bits per heavy atom. The summed E-state index contributed by atoms with van der Waals surface area (Å²) in [6.07, 6.45) is 2.57. The number of anilines is 1. The Morgan fingerprint density at radius 3 is 2.79 bits per heavy atom. The van der Waals surface area contributed by atoms with Gasteiger partial charge in [0.1, 0.15) is 6.61 Å². The van der Waals surface area contributed by atoms with E-state index in [0.29, 0.717) is 5.69 Å². The van der Waals surface area contributed by atoms with E-state index in [-0.39, 0.29) is 18.4 Å². The van der Waals surface area contributed by atoms with E-state index in [1.807, 2.05) is 37.3 Å². The van der Waals surface area contributed by atoms with Crippen molar-refractivity contribution in [3.8, 4) is 0 Å². The fraction of sp³-hybridized carbons (Fsp3) is 0.353. The molecule has 1 fully saturated rings. The molecule has 7 heteroatoms. The van der Waals surface area contributed by atoms with Crippen molar-refractivity contribution in [2.75, 3.05) is 19.0 Å². The highest BCUT2D eigenvalue weighted by molar-refractivity contribution is 5.96. The van der Waals surface area contributed by atoms with Crippen molar-refractivity contribution in [1.82, 2.24) is 14.7 Å². The first-order valence-electron chi connectivity index (χ1n) is 7.85. The number of nitrogens with zero attached hydrogens (tertiary/aromatic N) is 3. The fourth-order valence-electron chi connectivity index (χ4n) is 2.79. The molecule has 3 rings (SSSR count). The van der Waals surface area contributed by atoms with Gasteiger partial charge in [0.2, 0.25) is 5.91 Å². The summed E-state index contributed by atoms with van der Waals surface area (Å²) in [6, 6.07) is 8.96. The Hall–Kier alpha value is -2.67. The van der Waals surface area contributed by atoms with Gasteiger partial charge in [-0.1, -0.05) is 30.3 Å². The standard InChI is InChI=1S/C17H20N4O3/c1-3-21-10-13(9-18-21)19-17(23)16-15(12-7-5-4-6-8-12)20(2)14(22)11-24-16/h4-10,15-16H,3,11H2,1-2H3,(H,19,23)/t15-,16+/m1/s1. The van der Waals surface area contributed by atoms with E-state index in [1.165, 1.54) is 0 Å². The number of aromatic nitrogens is 2. The zero-order valence-electron chi connectivity index (χ0n) is 13.7. The van der Waals surface area contributed by atoms with Gasteiger partial charge in [-0.05, 0) is 12.5 Å². The molecular weight excluding hydrogens is 308 g/mol. The highest BCUT2D eigenvalue weighted by Crippen LogP contribution is 2.29. The van der Waals surface area contributed by atoms with Crippen molar-refractivity contribution in [2.24, 2.45) is 0 Å². The Balaban J connectivity index is 1.83. The lowest BCUT2D eigenvalue weighted by molar-refractivity contribution is -0.160. The van der Waals surface area contributed by atoms with Crippen LogP contribution in [-0.4, -0.2) is 46.3 Å². The first kappa shape index (κ1) is 16.2. The van der Waals surface area contributed by atoms with Gasteiger partial charge in [0.05, 0.1) is 17.9 Å². The second-order valence-corrected chi connectivity index (χ2v) is 5.67. The number of carbonyl (C=O) groups is 2. The highest BCUT2D eigenvalue weighted by atomic mass is 16.5. The first-order chi connectivity index (χ1) is 11.6. The average Bonchev–Trinajstić information content (AvgIpc) is 3.05. The SMILES string of the molecule is CCn1cc(NC(=O)[C@H]2OCC(=O)N(C)[C@@H]2c2ccccc2)cn1. The number of hydrogen-bond donors (Lipinski definition) is 1. The Kier molecular flexibility index (Phi) is 4.61. The van der Waals surface area contributed by atoms with Gasteiger partial charge in [0.15, 0.2) is 6.10 Å². The number of morpholine rings is 1. The summed E-state index contributed by atoms with van der Waals surface area (Å²) in [7, 11) is 1.69. The molecule has 7 nitrogen and oxygen atoms in total. The topological polar surface area (TPSA) is 76.5 Å². The summed E-state index contributed by atoms with van der Waals surface area (Å²) in [4.78, 5) is 26.3. The maximum Gasteiger partial charge on any atom is 0.256 e. The zero-order chi connectivity index (χ0) is 17.1. The molecule has 1 aromatic heterocycles. The molecule has 24 heavy (non-hydrogen) atoms. The van der Waals surface area contributed by atoms with Gasteiger partial charge in [-0.15, -0.1) is 0 Å². The number of hydrogen-bond acceptors (Lipinski definition) is 4. The highest BCUT2D eigenvalue weighted by Gasteiger charge is 2.40. The summed E-state index contributed by atoms with van der Waals surface area (Å²) in [5.74, 6) is -0.439. The third-order valence-electron chi connectivity index (χ3n) is 4.11.